The van der Waals surface area contributed by atoms with Crippen LogP contribution in [0.3, 0.4) is 0 Å². The summed E-state index contributed by atoms with van der Waals surface area (Å²) in [5, 5.41) is 0. The summed E-state index contributed by atoms with van der Waals surface area (Å²) in [5.41, 5.74) is 2.17. The van der Waals surface area contributed by atoms with E-state index in [0.717, 1.165) is 22.6 Å². The summed E-state index contributed by atoms with van der Waals surface area (Å²) in [6, 6.07) is 7.80. The summed E-state index contributed by atoms with van der Waals surface area (Å²) < 4.78 is 5.43. The van der Waals surface area contributed by atoms with E-state index >= 15 is 0 Å². The number of aromatic nitrogens is 1. The SMILES string of the molecule is CCOc1ccc2c(n1)CCN(C(=O)c1ccc(C)s1)C2. The lowest BCUT2D eigenvalue weighted by atomic mass is 10.1. The highest BCUT2D eigenvalue weighted by Crippen LogP contribution is 2.24. The number of nitrogens with zero attached hydrogens (tertiary/aromatic N) is 2. The highest BCUT2D eigenvalue weighted by Gasteiger charge is 2.23. The predicted molar refractivity (Wildman–Crippen MR) is 82.9 cm³/mol. The van der Waals surface area contributed by atoms with Crippen LogP contribution in [0.2, 0.25) is 0 Å². The second-order valence-corrected chi connectivity index (χ2v) is 6.36. The molecule has 0 spiro atoms. The number of carbonyl (C=O) groups is 1. The molecule has 5 heteroatoms. The van der Waals surface area contributed by atoms with Gasteiger partial charge in [0.15, 0.2) is 0 Å². The lowest BCUT2D eigenvalue weighted by molar-refractivity contribution is 0.0738. The molecule has 1 aliphatic rings. The maximum Gasteiger partial charge on any atom is 0.264 e. The third-order valence-electron chi connectivity index (χ3n) is 3.55. The van der Waals surface area contributed by atoms with Crippen LogP contribution in [0.5, 0.6) is 5.88 Å². The second-order valence-electron chi connectivity index (χ2n) is 5.08. The zero-order valence-electron chi connectivity index (χ0n) is 12.3. The smallest absolute Gasteiger partial charge is 0.264 e. The van der Waals surface area contributed by atoms with Crippen molar-refractivity contribution >= 4 is 17.2 Å². The molecule has 0 aliphatic carbocycles. The zero-order valence-corrected chi connectivity index (χ0v) is 13.1. The monoisotopic (exact) mass is 302 g/mol. The first-order chi connectivity index (χ1) is 10.2. The van der Waals surface area contributed by atoms with Gasteiger partial charge in [0, 0.05) is 30.5 Å². The van der Waals surface area contributed by atoms with Gasteiger partial charge in [-0.3, -0.25) is 4.79 Å². The molecule has 1 amide bonds. The fourth-order valence-electron chi connectivity index (χ4n) is 2.50. The molecular formula is C16H18N2O2S. The Morgan fingerprint density at radius 1 is 1.38 bits per heavy atom. The van der Waals surface area contributed by atoms with Gasteiger partial charge in [-0.1, -0.05) is 6.07 Å². The van der Waals surface area contributed by atoms with Gasteiger partial charge in [-0.25, -0.2) is 4.98 Å². The van der Waals surface area contributed by atoms with Crippen molar-refractivity contribution in [3.05, 3.63) is 45.3 Å². The molecule has 2 aromatic heterocycles. The van der Waals surface area contributed by atoms with Crippen molar-refractivity contribution in [1.29, 1.82) is 0 Å². The number of pyridine rings is 1. The van der Waals surface area contributed by atoms with E-state index in [0.29, 0.717) is 25.6 Å². The molecule has 0 saturated heterocycles. The number of thiophene rings is 1. The molecule has 2 aromatic rings. The van der Waals surface area contributed by atoms with Gasteiger partial charge in [-0.2, -0.15) is 0 Å². The third kappa shape index (κ3) is 2.93. The Hall–Kier alpha value is -1.88. The number of hydrogen-bond acceptors (Lipinski definition) is 4. The van der Waals surface area contributed by atoms with E-state index < -0.39 is 0 Å². The minimum absolute atomic E-state index is 0.118. The fourth-order valence-corrected chi connectivity index (χ4v) is 3.34. The molecule has 0 unspecified atom stereocenters. The van der Waals surface area contributed by atoms with Crippen molar-refractivity contribution in [2.75, 3.05) is 13.2 Å². The summed E-state index contributed by atoms with van der Waals surface area (Å²) in [4.78, 5) is 20.9. The van der Waals surface area contributed by atoms with E-state index in [1.54, 1.807) is 11.3 Å². The Balaban J connectivity index is 1.76. The normalized spacial score (nSPS) is 13.9. The Morgan fingerprint density at radius 2 is 2.24 bits per heavy atom. The quantitative estimate of drug-likeness (QED) is 0.875. The molecule has 4 nitrogen and oxygen atoms in total. The Bertz CT molecular complexity index is 666. The Morgan fingerprint density at radius 3 is 2.95 bits per heavy atom. The summed E-state index contributed by atoms with van der Waals surface area (Å²) in [7, 11) is 0. The van der Waals surface area contributed by atoms with Crippen molar-refractivity contribution in [2.45, 2.75) is 26.8 Å². The summed E-state index contributed by atoms with van der Waals surface area (Å²) in [6.45, 7) is 5.93. The molecule has 0 atom stereocenters. The number of hydrogen-bond donors (Lipinski definition) is 0. The highest BCUT2D eigenvalue weighted by atomic mass is 32.1. The van der Waals surface area contributed by atoms with E-state index in [2.05, 4.69) is 4.98 Å². The highest BCUT2D eigenvalue weighted by molar-refractivity contribution is 7.13. The van der Waals surface area contributed by atoms with E-state index in [1.165, 1.54) is 4.88 Å². The van der Waals surface area contributed by atoms with Gasteiger partial charge < -0.3 is 9.64 Å². The van der Waals surface area contributed by atoms with Crippen LogP contribution in [-0.4, -0.2) is 28.9 Å². The van der Waals surface area contributed by atoms with Crippen molar-refractivity contribution in [3.8, 4) is 5.88 Å². The lowest BCUT2D eigenvalue weighted by Crippen LogP contribution is -2.36. The zero-order chi connectivity index (χ0) is 14.8. The van der Waals surface area contributed by atoms with Crippen molar-refractivity contribution in [3.63, 3.8) is 0 Å². The maximum absolute atomic E-state index is 12.5. The average Bonchev–Trinajstić information content (AvgIpc) is 2.93. The van der Waals surface area contributed by atoms with Crippen LogP contribution in [0.15, 0.2) is 24.3 Å². The predicted octanol–water partition coefficient (Wildman–Crippen LogP) is 3.05. The number of ether oxygens (including phenoxy) is 1. The van der Waals surface area contributed by atoms with Crippen LogP contribution < -0.4 is 4.74 Å². The van der Waals surface area contributed by atoms with Gasteiger partial charge >= 0.3 is 0 Å². The number of rotatable bonds is 3. The van der Waals surface area contributed by atoms with Crippen molar-refractivity contribution < 1.29 is 9.53 Å². The molecule has 3 heterocycles. The van der Waals surface area contributed by atoms with Crippen LogP contribution in [0.4, 0.5) is 0 Å². The second kappa shape index (κ2) is 5.85. The molecule has 0 bridgehead atoms. The minimum Gasteiger partial charge on any atom is -0.478 e. The molecule has 0 N–H and O–H groups in total. The van der Waals surface area contributed by atoms with E-state index in [-0.39, 0.29) is 5.91 Å². The molecule has 1 aliphatic heterocycles. The summed E-state index contributed by atoms with van der Waals surface area (Å²) in [5.74, 6) is 0.789. The van der Waals surface area contributed by atoms with Crippen LogP contribution in [-0.2, 0) is 13.0 Å². The van der Waals surface area contributed by atoms with Crippen molar-refractivity contribution in [1.82, 2.24) is 9.88 Å². The molecular weight excluding hydrogens is 284 g/mol. The van der Waals surface area contributed by atoms with E-state index in [4.69, 9.17) is 4.74 Å². The van der Waals surface area contributed by atoms with E-state index in [1.807, 2.05) is 43.0 Å². The number of carbonyl (C=O) groups excluding carboxylic acids is 1. The van der Waals surface area contributed by atoms with Crippen molar-refractivity contribution in [2.24, 2.45) is 0 Å². The summed E-state index contributed by atoms with van der Waals surface area (Å²) in [6.07, 6.45) is 0.784. The van der Waals surface area contributed by atoms with Gasteiger partial charge in [0.25, 0.3) is 5.91 Å². The van der Waals surface area contributed by atoms with Gasteiger partial charge in [-0.15, -0.1) is 11.3 Å². The van der Waals surface area contributed by atoms with Crippen LogP contribution in [0.1, 0.15) is 32.7 Å². The Kier molecular flexibility index (Phi) is 3.92. The standard InChI is InChI=1S/C16H18N2O2S/c1-3-20-15-7-5-12-10-18(9-8-13(12)17-15)16(19)14-6-4-11(2)21-14/h4-7H,3,8-10H2,1-2H3. The van der Waals surface area contributed by atoms with Crippen LogP contribution in [0.25, 0.3) is 0 Å². The molecule has 0 fully saturated rings. The van der Waals surface area contributed by atoms with Crippen LogP contribution >= 0.6 is 11.3 Å². The number of aryl methyl sites for hydroxylation is 1. The number of fused-ring (bicyclic) bond motifs is 1. The first-order valence-electron chi connectivity index (χ1n) is 7.14. The topological polar surface area (TPSA) is 42.4 Å². The maximum atomic E-state index is 12.5. The number of amides is 1. The lowest BCUT2D eigenvalue weighted by Gasteiger charge is -2.28. The van der Waals surface area contributed by atoms with Gasteiger partial charge in [-0.05, 0) is 31.5 Å². The van der Waals surface area contributed by atoms with Crippen LogP contribution in [0, 0.1) is 6.92 Å². The average molecular weight is 302 g/mol. The fraction of sp³-hybridized carbons (Fsp3) is 0.375. The first-order valence-corrected chi connectivity index (χ1v) is 7.96. The van der Waals surface area contributed by atoms with Gasteiger partial charge in [0.2, 0.25) is 5.88 Å². The van der Waals surface area contributed by atoms with Gasteiger partial charge in [0.1, 0.15) is 0 Å². The molecule has 3 rings (SSSR count). The Labute approximate surface area is 128 Å². The van der Waals surface area contributed by atoms with E-state index in [9.17, 15) is 4.79 Å². The summed E-state index contributed by atoms with van der Waals surface area (Å²) >= 11 is 1.55. The molecule has 0 saturated carbocycles. The third-order valence-corrected chi connectivity index (χ3v) is 4.54. The molecule has 0 aromatic carbocycles. The molecule has 110 valence electrons. The first kappa shape index (κ1) is 14.1. The molecule has 21 heavy (non-hydrogen) atoms. The van der Waals surface area contributed by atoms with Gasteiger partial charge in [0.05, 0.1) is 17.2 Å². The molecule has 0 radical (unpaired) electrons. The minimum atomic E-state index is 0.118. The largest absolute Gasteiger partial charge is 0.478 e.